The molecule has 0 aliphatic heterocycles. The van der Waals surface area contributed by atoms with Crippen LogP contribution >= 0.6 is 0 Å². The molecule has 27 heavy (non-hydrogen) atoms. The topological polar surface area (TPSA) is 46.3 Å². The lowest BCUT2D eigenvalue weighted by Crippen LogP contribution is -2.19. The number of rotatable bonds is 8. The van der Waals surface area contributed by atoms with E-state index < -0.39 is 12.8 Å². The van der Waals surface area contributed by atoms with Gasteiger partial charge in [0.25, 0.3) is 0 Å². The lowest BCUT2D eigenvalue weighted by molar-refractivity contribution is -0.153. The Bertz CT molecular complexity index is 890. The number of hydrogen-bond acceptors (Lipinski definition) is 3. The summed E-state index contributed by atoms with van der Waals surface area (Å²) in [5.41, 5.74) is 3.27. The zero-order valence-corrected chi connectivity index (χ0v) is 14.9. The SMILES string of the molecule is COc1cc(CNCCc2c[nH]c3ccccc23)ccc1OCC(F)(F)F. The molecule has 0 saturated heterocycles. The molecule has 144 valence electrons. The standard InChI is InChI=1S/C20H21F3N2O2/c1-26-19-10-14(6-7-18(19)27-13-20(21,22)23)11-24-9-8-15-12-25-17-5-3-2-4-16(15)17/h2-7,10,12,24-25H,8-9,11,13H2,1H3. The third-order valence-electron chi connectivity index (χ3n) is 4.19. The minimum Gasteiger partial charge on any atom is -0.493 e. The van der Waals surface area contributed by atoms with Crippen LogP contribution < -0.4 is 14.8 Å². The van der Waals surface area contributed by atoms with Crippen LogP contribution in [0.15, 0.2) is 48.7 Å². The number of alkyl halides is 3. The van der Waals surface area contributed by atoms with Crippen molar-refractivity contribution < 1.29 is 22.6 Å². The van der Waals surface area contributed by atoms with Crippen LogP contribution in [0.5, 0.6) is 11.5 Å². The normalized spacial score (nSPS) is 11.7. The largest absolute Gasteiger partial charge is 0.493 e. The van der Waals surface area contributed by atoms with Crippen molar-refractivity contribution in [2.45, 2.75) is 19.1 Å². The Morgan fingerprint density at radius 3 is 2.67 bits per heavy atom. The number of hydrogen-bond donors (Lipinski definition) is 2. The summed E-state index contributed by atoms with van der Waals surface area (Å²) >= 11 is 0. The molecule has 2 N–H and O–H groups in total. The van der Waals surface area contributed by atoms with Crippen LogP contribution in [0.25, 0.3) is 10.9 Å². The van der Waals surface area contributed by atoms with Gasteiger partial charge in [-0.15, -0.1) is 0 Å². The molecule has 4 nitrogen and oxygen atoms in total. The lowest BCUT2D eigenvalue weighted by atomic mass is 10.1. The molecule has 0 atom stereocenters. The van der Waals surface area contributed by atoms with Crippen LogP contribution in [0.4, 0.5) is 13.2 Å². The first-order valence-corrected chi connectivity index (χ1v) is 8.58. The number of H-pyrrole nitrogens is 1. The number of ether oxygens (including phenoxy) is 2. The second-order valence-corrected chi connectivity index (χ2v) is 6.18. The highest BCUT2D eigenvalue weighted by molar-refractivity contribution is 5.83. The third-order valence-corrected chi connectivity index (χ3v) is 4.19. The van der Waals surface area contributed by atoms with Gasteiger partial charge in [0.1, 0.15) is 0 Å². The molecule has 0 radical (unpaired) electrons. The van der Waals surface area contributed by atoms with Gasteiger partial charge in [-0.1, -0.05) is 24.3 Å². The summed E-state index contributed by atoms with van der Waals surface area (Å²) in [6, 6.07) is 13.1. The Morgan fingerprint density at radius 1 is 1.07 bits per heavy atom. The summed E-state index contributed by atoms with van der Waals surface area (Å²) in [6.07, 6.45) is -1.50. The molecule has 0 bridgehead atoms. The lowest BCUT2D eigenvalue weighted by Gasteiger charge is -2.14. The fourth-order valence-electron chi connectivity index (χ4n) is 2.90. The first-order valence-electron chi connectivity index (χ1n) is 8.58. The van der Waals surface area contributed by atoms with Crippen molar-refractivity contribution in [2.24, 2.45) is 0 Å². The Balaban J connectivity index is 1.53. The van der Waals surface area contributed by atoms with Crippen LogP contribution in [0, 0.1) is 0 Å². The van der Waals surface area contributed by atoms with Crippen LogP contribution in [0.2, 0.25) is 0 Å². The van der Waals surface area contributed by atoms with E-state index in [0.717, 1.165) is 24.0 Å². The van der Waals surface area contributed by atoms with Gasteiger partial charge in [-0.25, -0.2) is 0 Å². The van der Waals surface area contributed by atoms with Gasteiger partial charge in [-0.3, -0.25) is 0 Å². The summed E-state index contributed by atoms with van der Waals surface area (Å²) in [5.74, 6) is 0.368. The second-order valence-electron chi connectivity index (χ2n) is 6.18. The van der Waals surface area contributed by atoms with Crippen molar-refractivity contribution in [1.82, 2.24) is 10.3 Å². The molecule has 3 aromatic rings. The first-order chi connectivity index (χ1) is 13.0. The molecule has 0 saturated carbocycles. The molecule has 1 heterocycles. The summed E-state index contributed by atoms with van der Waals surface area (Å²) in [7, 11) is 1.41. The molecule has 7 heteroatoms. The van der Waals surface area contributed by atoms with Crippen molar-refractivity contribution in [3.8, 4) is 11.5 Å². The molecule has 0 fully saturated rings. The van der Waals surface area contributed by atoms with Crippen LogP contribution in [-0.4, -0.2) is 31.4 Å². The maximum absolute atomic E-state index is 12.3. The van der Waals surface area contributed by atoms with E-state index in [9.17, 15) is 13.2 Å². The molecule has 0 unspecified atom stereocenters. The van der Waals surface area contributed by atoms with Gasteiger partial charge in [-0.2, -0.15) is 13.2 Å². The van der Waals surface area contributed by atoms with Gasteiger partial charge in [0.05, 0.1) is 7.11 Å². The molecule has 3 rings (SSSR count). The fraction of sp³-hybridized carbons (Fsp3) is 0.300. The number of nitrogens with one attached hydrogen (secondary N) is 2. The van der Waals surface area contributed by atoms with Gasteiger partial charge in [0.2, 0.25) is 0 Å². The van der Waals surface area contributed by atoms with Crippen LogP contribution in [0.3, 0.4) is 0 Å². The van der Waals surface area contributed by atoms with E-state index >= 15 is 0 Å². The van der Waals surface area contributed by atoms with E-state index in [1.807, 2.05) is 24.4 Å². The average molecular weight is 378 g/mol. The van der Waals surface area contributed by atoms with E-state index in [4.69, 9.17) is 9.47 Å². The highest BCUT2D eigenvalue weighted by atomic mass is 19.4. The maximum Gasteiger partial charge on any atom is 0.422 e. The number of aromatic amines is 1. The zero-order valence-electron chi connectivity index (χ0n) is 14.9. The van der Waals surface area contributed by atoms with E-state index in [1.54, 1.807) is 12.1 Å². The van der Waals surface area contributed by atoms with Gasteiger partial charge in [-0.05, 0) is 42.3 Å². The van der Waals surface area contributed by atoms with E-state index in [-0.39, 0.29) is 11.5 Å². The van der Waals surface area contributed by atoms with Crippen LogP contribution in [-0.2, 0) is 13.0 Å². The zero-order chi connectivity index (χ0) is 19.3. The van der Waals surface area contributed by atoms with Crippen molar-refractivity contribution in [1.29, 1.82) is 0 Å². The monoisotopic (exact) mass is 378 g/mol. The number of aromatic nitrogens is 1. The highest BCUT2D eigenvalue weighted by Gasteiger charge is 2.29. The molecular weight excluding hydrogens is 357 g/mol. The van der Waals surface area contributed by atoms with Gasteiger partial charge >= 0.3 is 6.18 Å². The van der Waals surface area contributed by atoms with E-state index in [2.05, 4.69) is 16.4 Å². The van der Waals surface area contributed by atoms with Crippen molar-refractivity contribution in [2.75, 3.05) is 20.3 Å². The second kappa shape index (κ2) is 8.35. The van der Waals surface area contributed by atoms with Gasteiger partial charge in [0, 0.05) is 23.6 Å². The molecular formula is C20H21F3N2O2. The minimum absolute atomic E-state index is 0.0809. The molecule has 0 aliphatic carbocycles. The highest BCUT2D eigenvalue weighted by Crippen LogP contribution is 2.29. The maximum atomic E-state index is 12.3. The molecule has 2 aromatic carbocycles. The van der Waals surface area contributed by atoms with E-state index in [0.29, 0.717) is 6.54 Å². The predicted molar refractivity (Wildman–Crippen MR) is 98.3 cm³/mol. The first kappa shape index (κ1) is 19.1. The van der Waals surface area contributed by atoms with Gasteiger partial charge in [0.15, 0.2) is 18.1 Å². The summed E-state index contributed by atoms with van der Waals surface area (Å²) in [5, 5.41) is 4.56. The number of para-hydroxylation sites is 1. The Labute approximate surface area is 155 Å². The van der Waals surface area contributed by atoms with Crippen molar-refractivity contribution in [3.63, 3.8) is 0 Å². The molecule has 1 aromatic heterocycles. The number of halogens is 3. The Hall–Kier alpha value is -2.67. The quantitative estimate of drug-likeness (QED) is 0.570. The summed E-state index contributed by atoms with van der Waals surface area (Å²) in [4.78, 5) is 3.25. The van der Waals surface area contributed by atoms with Gasteiger partial charge < -0.3 is 19.8 Å². The van der Waals surface area contributed by atoms with Crippen molar-refractivity contribution >= 4 is 10.9 Å². The fourth-order valence-corrected chi connectivity index (χ4v) is 2.90. The number of benzene rings is 2. The average Bonchev–Trinajstić information content (AvgIpc) is 3.06. The van der Waals surface area contributed by atoms with Crippen molar-refractivity contribution in [3.05, 3.63) is 59.8 Å². The Kier molecular flexibility index (Phi) is 5.91. The Morgan fingerprint density at radius 2 is 1.89 bits per heavy atom. The van der Waals surface area contributed by atoms with Crippen LogP contribution in [0.1, 0.15) is 11.1 Å². The third kappa shape index (κ3) is 5.17. The molecule has 0 amide bonds. The summed E-state index contributed by atoms with van der Waals surface area (Å²) in [6.45, 7) is 0.0142. The van der Waals surface area contributed by atoms with E-state index in [1.165, 1.54) is 24.1 Å². The summed E-state index contributed by atoms with van der Waals surface area (Å²) < 4.78 is 46.8. The number of fused-ring (bicyclic) bond motifs is 1. The smallest absolute Gasteiger partial charge is 0.422 e. The molecule has 0 aliphatic rings. The molecule has 0 spiro atoms. The minimum atomic E-state index is -4.38. The predicted octanol–water partition coefficient (Wildman–Crippen LogP) is 4.45. The number of methoxy groups -OCH3 is 1.